The quantitative estimate of drug-likeness (QED) is 0.333. The van der Waals surface area contributed by atoms with Gasteiger partial charge in [0, 0.05) is 35.2 Å². The fraction of sp³-hybridized carbons (Fsp3) is 0.115. The standard InChI is InChI=1S/C26H22N8O/c1-3-25(35)30-18-6-17(9-27-10-18)16-4-5-21-20(7-16)26(33-32-21)22-8-19-23(31-22)11-28-12-24(19)34-13-15(2)29-14-34/h4-14,31H,3H2,1-2H3,(H,30,35)(H,32,33). The van der Waals surface area contributed by atoms with Crippen LogP contribution in [0.5, 0.6) is 0 Å². The van der Waals surface area contributed by atoms with Crippen molar-refractivity contribution in [3.63, 3.8) is 0 Å². The molecule has 5 aromatic heterocycles. The lowest BCUT2D eigenvalue weighted by Crippen LogP contribution is -2.09. The molecule has 0 aliphatic heterocycles. The van der Waals surface area contributed by atoms with Crippen molar-refractivity contribution in [2.75, 3.05) is 5.32 Å². The van der Waals surface area contributed by atoms with Gasteiger partial charge in [0.2, 0.25) is 5.91 Å². The second-order valence-electron chi connectivity index (χ2n) is 8.42. The SMILES string of the molecule is CCC(=O)Nc1cncc(-c2ccc3[nH]nc(-c4cc5c(-n6cnc(C)c6)cncc5[nH]4)c3c2)c1. The molecule has 1 aromatic carbocycles. The van der Waals surface area contributed by atoms with Crippen LogP contribution in [0.1, 0.15) is 19.0 Å². The van der Waals surface area contributed by atoms with Gasteiger partial charge in [-0.05, 0) is 36.8 Å². The zero-order valence-electron chi connectivity index (χ0n) is 19.2. The summed E-state index contributed by atoms with van der Waals surface area (Å²) < 4.78 is 1.97. The van der Waals surface area contributed by atoms with Crippen LogP contribution in [-0.2, 0) is 4.79 Å². The molecule has 9 heteroatoms. The second-order valence-corrected chi connectivity index (χ2v) is 8.42. The van der Waals surface area contributed by atoms with E-state index in [0.717, 1.165) is 55.7 Å². The van der Waals surface area contributed by atoms with E-state index >= 15 is 0 Å². The van der Waals surface area contributed by atoms with E-state index in [1.54, 1.807) is 18.7 Å². The second kappa shape index (κ2) is 8.21. The highest BCUT2D eigenvalue weighted by molar-refractivity contribution is 5.99. The van der Waals surface area contributed by atoms with E-state index < -0.39 is 0 Å². The Morgan fingerprint density at radius 2 is 1.89 bits per heavy atom. The molecule has 172 valence electrons. The number of benzene rings is 1. The Morgan fingerprint density at radius 1 is 1.00 bits per heavy atom. The number of rotatable bonds is 5. The minimum absolute atomic E-state index is 0.0463. The molecule has 0 saturated carbocycles. The van der Waals surface area contributed by atoms with Crippen LogP contribution in [0.3, 0.4) is 0 Å². The number of nitrogens with one attached hydrogen (secondary N) is 3. The Hall–Kier alpha value is -4.79. The molecule has 0 saturated heterocycles. The maximum atomic E-state index is 11.8. The van der Waals surface area contributed by atoms with Gasteiger partial charge in [-0.1, -0.05) is 13.0 Å². The third kappa shape index (κ3) is 3.72. The summed E-state index contributed by atoms with van der Waals surface area (Å²) in [7, 11) is 0. The molecule has 0 spiro atoms. The van der Waals surface area contributed by atoms with Crippen LogP contribution >= 0.6 is 0 Å². The first-order valence-electron chi connectivity index (χ1n) is 11.3. The Labute approximate surface area is 200 Å². The lowest BCUT2D eigenvalue weighted by molar-refractivity contribution is -0.115. The number of hydrogen-bond acceptors (Lipinski definition) is 5. The van der Waals surface area contributed by atoms with Crippen LogP contribution in [-0.4, -0.2) is 40.6 Å². The highest BCUT2D eigenvalue weighted by Crippen LogP contribution is 2.33. The molecule has 6 aromatic rings. The number of amides is 1. The topological polar surface area (TPSA) is 117 Å². The van der Waals surface area contributed by atoms with Crippen LogP contribution in [0.25, 0.3) is 50.0 Å². The number of fused-ring (bicyclic) bond motifs is 2. The van der Waals surface area contributed by atoms with Gasteiger partial charge in [-0.2, -0.15) is 5.10 Å². The van der Waals surface area contributed by atoms with Gasteiger partial charge in [0.05, 0.1) is 58.7 Å². The van der Waals surface area contributed by atoms with E-state index in [1.165, 1.54) is 0 Å². The summed E-state index contributed by atoms with van der Waals surface area (Å²) in [5, 5.41) is 12.6. The van der Waals surface area contributed by atoms with E-state index in [2.05, 4.69) is 47.6 Å². The van der Waals surface area contributed by atoms with Crippen LogP contribution in [0, 0.1) is 6.92 Å². The number of nitrogens with zero attached hydrogens (tertiary/aromatic N) is 5. The molecule has 0 radical (unpaired) electrons. The zero-order chi connectivity index (χ0) is 23.9. The molecule has 0 aliphatic rings. The number of anilines is 1. The number of H-pyrrole nitrogens is 2. The van der Waals surface area contributed by atoms with E-state index in [-0.39, 0.29) is 5.91 Å². The van der Waals surface area contributed by atoms with Crippen LogP contribution < -0.4 is 5.32 Å². The highest BCUT2D eigenvalue weighted by atomic mass is 16.1. The number of aromatic nitrogens is 7. The van der Waals surface area contributed by atoms with Crippen molar-refractivity contribution in [3.05, 3.63) is 73.3 Å². The third-order valence-electron chi connectivity index (χ3n) is 6.01. The van der Waals surface area contributed by atoms with E-state index in [0.29, 0.717) is 12.1 Å². The Balaban J connectivity index is 1.43. The Morgan fingerprint density at radius 3 is 2.71 bits per heavy atom. The largest absolute Gasteiger partial charge is 0.352 e. The van der Waals surface area contributed by atoms with Gasteiger partial charge in [0.1, 0.15) is 5.69 Å². The summed E-state index contributed by atoms with van der Waals surface area (Å²) in [6.07, 6.45) is 11.3. The molecular formula is C26H22N8O. The molecule has 5 heterocycles. The predicted octanol–water partition coefficient (Wildman–Crippen LogP) is 5.01. The number of pyridine rings is 2. The van der Waals surface area contributed by atoms with Gasteiger partial charge in [0.15, 0.2) is 0 Å². The lowest BCUT2D eigenvalue weighted by atomic mass is 10.0. The first kappa shape index (κ1) is 20.8. The average Bonchev–Trinajstić information content (AvgIpc) is 3.61. The van der Waals surface area contributed by atoms with Gasteiger partial charge in [-0.25, -0.2) is 4.98 Å². The molecule has 0 bridgehead atoms. The minimum atomic E-state index is -0.0463. The maximum absolute atomic E-state index is 11.8. The van der Waals surface area contributed by atoms with Gasteiger partial charge in [-0.3, -0.25) is 19.9 Å². The molecule has 35 heavy (non-hydrogen) atoms. The summed E-state index contributed by atoms with van der Waals surface area (Å²) in [5.41, 5.74) is 7.99. The van der Waals surface area contributed by atoms with Crippen molar-refractivity contribution >= 4 is 33.4 Å². The number of carbonyl (C=O) groups is 1. The van der Waals surface area contributed by atoms with Crippen molar-refractivity contribution in [1.82, 2.24) is 34.7 Å². The first-order chi connectivity index (χ1) is 17.1. The molecule has 6 rings (SSSR count). The highest BCUT2D eigenvalue weighted by Gasteiger charge is 2.15. The third-order valence-corrected chi connectivity index (χ3v) is 6.01. The smallest absolute Gasteiger partial charge is 0.224 e. The van der Waals surface area contributed by atoms with Crippen molar-refractivity contribution in [2.45, 2.75) is 20.3 Å². The molecule has 0 unspecified atom stereocenters. The molecule has 0 fully saturated rings. The number of hydrogen-bond donors (Lipinski definition) is 3. The van der Waals surface area contributed by atoms with Crippen molar-refractivity contribution in [3.8, 4) is 28.2 Å². The summed E-state index contributed by atoms with van der Waals surface area (Å²) in [5.74, 6) is -0.0463. The van der Waals surface area contributed by atoms with E-state index in [1.807, 2.05) is 55.2 Å². The van der Waals surface area contributed by atoms with Crippen molar-refractivity contribution < 1.29 is 4.79 Å². The van der Waals surface area contributed by atoms with Gasteiger partial charge in [-0.15, -0.1) is 0 Å². The molecule has 3 N–H and O–H groups in total. The minimum Gasteiger partial charge on any atom is -0.352 e. The normalized spacial score (nSPS) is 11.4. The molecule has 0 aliphatic carbocycles. The van der Waals surface area contributed by atoms with Gasteiger partial charge >= 0.3 is 0 Å². The average molecular weight is 463 g/mol. The van der Waals surface area contributed by atoms with Gasteiger partial charge in [0.25, 0.3) is 0 Å². The number of carbonyl (C=O) groups excluding carboxylic acids is 1. The fourth-order valence-corrected chi connectivity index (χ4v) is 4.24. The Kier molecular flexibility index (Phi) is 4.88. The van der Waals surface area contributed by atoms with Crippen molar-refractivity contribution in [2.24, 2.45) is 0 Å². The lowest BCUT2D eigenvalue weighted by Gasteiger charge is -2.06. The summed E-state index contributed by atoms with van der Waals surface area (Å²) in [6, 6.07) is 10.1. The summed E-state index contributed by atoms with van der Waals surface area (Å²) in [6.45, 7) is 3.78. The van der Waals surface area contributed by atoms with Crippen LogP contribution in [0.2, 0.25) is 0 Å². The van der Waals surface area contributed by atoms with Crippen LogP contribution in [0.15, 0.2) is 67.6 Å². The van der Waals surface area contributed by atoms with E-state index in [4.69, 9.17) is 0 Å². The Bertz CT molecular complexity index is 1710. The first-order valence-corrected chi connectivity index (χ1v) is 11.3. The molecule has 0 atom stereocenters. The molecule has 1 amide bonds. The van der Waals surface area contributed by atoms with Gasteiger partial charge < -0.3 is 14.9 Å². The fourth-order valence-electron chi connectivity index (χ4n) is 4.24. The zero-order valence-corrected chi connectivity index (χ0v) is 19.2. The monoisotopic (exact) mass is 462 g/mol. The summed E-state index contributed by atoms with van der Waals surface area (Å²) >= 11 is 0. The molecule has 9 nitrogen and oxygen atoms in total. The maximum Gasteiger partial charge on any atom is 0.224 e. The molecular weight excluding hydrogens is 440 g/mol. The number of imidazole rings is 1. The predicted molar refractivity (Wildman–Crippen MR) is 135 cm³/mol. The van der Waals surface area contributed by atoms with E-state index in [9.17, 15) is 4.79 Å². The number of aromatic amines is 2. The number of aryl methyl sites for hydroxylation is 1. The van der Waals surface area contributed by atoms with Crippen molar-refractivity contribution in [1.29, 1.82) is 0 Å². The van der Waals surface area contributed by atoms with Crippen LogP contribution in [0.4, 0.5) is 5.69 Å². The summed E-state index contributed by atoms with van der Waals surface area (Å²) in [4.78, 5) is 28.3.